The fourth-order valence-corrected chi connectivity index (χ4v) is 4.64. The molecule has 0 aliphatic carbocycles. The van der Waals surface area contributed by atoms with E-state index < -0.39 is 6.36 Å². The van der Waals surface area contributed by atoms with E-state index in [2.05, 4.69) is 9.84 Å². The molecule has 2 aromatic carbocycles. The summed E-state index contributed by atoms with van der Waals surface area (Å²) in [5, 5.41) is 13.4. The van der Waals surface area contributed by atoms with Gasteiger partial charge in [0.15, 0.2) is 0 Å². The maximum atomic E-state index is 13.4. The van der Waals surface area contributed by atoms with Gasteiger partial charge in [0.25, 0.3) is 5.91 Å². The molecule has 4 rings (SSSR count). The number of nitrogens with zero attached hydrogens (tertiary/aromatic N) is 4. The molecule has 0 spiro atoms. The standard InChI is InChI=1S/C30H35F3N4O5/c1-20(2)35(3)29(40)26-17-22(23-18-34-37(19-23)14-15-38)6-9-27(26)41-24-10-12-36(13-11-24)28(39)16-21-4-7-25(8-5-21)42-30(31,32)33/h4-9,17-20,24,38H,10-16H2,1-3H3. The Morgan fingerprint density at radius 1 is 1.10 bits per heavy atom. The van der Waals surface area contributed by atoms with Crippen molar-refractivity contribution in [2.45, 2.75) is 58.2 Å². The Morgan fingerprint density at radius 2 is 1.79 bits per heavy atom. The lowest BCUT2D eigenvalue weighted by Gasteiger charge is -2.33. The maximum absolute atomic E-state index is 13.4. The Hall–Kier alpha value is -4.06. The summed E-state index contributed by atoms with van der Waals surface area (Å²) in [7, 11) is 1.74. The summed E-state index contributed by atoms with van der Waals surface area (Å²) in [6.45, 7) is 5.10. The van der Waals surface area contributed by atoms with Gasteiger partial charge < -0.3 is 24.4 Å². The van der Waals surface area contributed by atoms with Gasteiger partial charge >= 0.3 is 6.36 Å². The number of hydrogen-bond acceptors (Lipinski definition) is 6. The van der Waals surface area contributed by atoms with Crippen molar-refractivity contribution in [2.24, 2.45) is 0 Å². The first kappa shape index (κ1) is 30.9. The van der Waals surface area contributed by atoms with E-state index in [1.807, 2.05) is 26.1 Å². The minimum absolute atomic E-state index is 0.0241. The van der Waals surface area contributed by atoms with Crippen LogP contribution in [0.1, 0.15) is 42.6 Å². The molecule has 2 heterocycles. The zero-order valence-electron chi connectivity index (χ0n) is 23.8. The second-order valence-electron chi connectivity index (χ2n) is 10.5. The van der Waals surface area contributed by atoms with Gasteiger partial charge in [-0.15, -0.1) is 13.2 Å². The Balaban J connectivity index is 1.40. The minimum atomic E-state index is -4.77. The van der Waals surface area contributed by atoms with Gasteiger partial charge in [-0.05, 0) is 49.2 Å². The Bertz CT molecular complexity index is 1370. The number of ether oxygens (including phenoxy) is 2. The number of likely N-dealkylation sites (tertiary alicyclic amines) is 1. The van der Waals surface area contributed by atoms with E-state index in [4.69, 9.17) is 4.74 Å². The zero-order valence-corrected chi connectivity index (χ0v) is 23.8. The fourth-order valence-electron chi connectivity index (χ4n) is 4.64. The summed E-state index contributed by atoms with van der Waals surface area (Å²) in [5.41, 5.74) is 2.62. The molecule has 3 aromatic rings. The summed E-state index contributed by atoms with van der Waals surface area (Å²) in [6.07, 6.45) is -0.292. The van der Waals surface area contributed by atoms with Gasteiger partial charge in [-0.2, -0.15) is 5.10 Å². The minimum Gasteiger partial charge on any atom is -0.489 e. The molecular weight excluding hydrogens is 553 g/mol. The van der Waals surface area contributed by atoms with Crippen molar-refractivity contribution in [1.82, 2.24) is 19.6 Å². The van der Waals surface area contributed by atoms with Gasteiger partial charge in [-0.3, -0.25) is 14.3 Å². The number of carbonyl (C=O) groups excluding carboxylic acids is 2. The number of aliphatic hydroxyl groups is 1. The molecule has 1 N–H and O–H groups in total. The van der Waals surface area contributed by atoms with Gasteiger partial charge in [0.2, 0.25) is 5.91 Å². The first-order valence-corrected chi connectivity index (χ1v) is 13.8. The largest absolute Gasteiger partial charge is 0.573 e. The van der Waals surface area contributed by atoms with Crippen LogP contribution in [0.2, 0.25) is 0 Å². The van der Waals surface area contributed by atoms with Gasteiger partial charge in [0.05, 0.1) is 31.3 Å². The number of halogens is 3. The molecule has 1 aliphatic rings. The molecule has 0 atom stereocenters. The quantitative estimate of drug-likeness (QED) is 0.374. The summed E-state index contributed by atoms with van der Waals surface area (Å²) >= 11 is 0. The molecule has 1 aliphatic heterocycles. The zero-order chi connectivity index (χ0) is 30.4. The summed E-state index contributed by atoms with van der Waals surface area (Å²) in [5.74, 6) is -0.175. The number of benzene rings is 2. The second-order valence-corrected chi connectivity index (χ2v) is 10.5. The number of hydrogen-bond donors (Lipinski definition) is 1. The molecule has 1 fully saturated rings. The van der Waals surface area contributed by atoms with Gasteiger partial charge in [-0.1, -0.05) is 18.2 Å². The van der Waals surface area contributed by atoms with Crippen LogP contribution in [-0.2, 0) is 17.8 Å². The third-order valence-electron chi connectivity index (χ3n) is 7.20. The second kappa shape index (κ2) is 13.3. The van der Waals surface area contributed by atoms with Crippen molar-refractivity contribution in [2.75, 3.05) is 26.7 Å². The number of rotatable bonds is 10. The lowest BCUT2D eigenvalue weighted by atomic mass is 10.0. The number of alkyl halides is 3. The Morgan fingerprint density at radius 3 is 2.40 bits per heavy atom. The average Bonchev–Trinajstić information content (AvgIpc) is 3.42. The molecule has 1 aromatic heterocycles. The predicted molar refractivity (Wildman–Crippen MR) is 149 cm³/mol. The van der Waals surface area contributed by atoms with Crippen molar-refractivity contribution in [3.8, 4) is 22.6 Å². The van der Waals surface area contributed by atoms with Gasteiger partial charge in [-0.25, -0.2) is 0 Å². The summed E-state index contributed by atoms with van der Waals surface area (Å²) in [6, 6.07) is 10.7. The fraction of sp³-hybridized carbons (Fsp3) is 0.433. The van der Waals surface area contributed by atoms with Crippen molar-refractivity contribution >= 4 is 11.8 Å². The Kier molecular flexibility index (Phi) is 9.77. The molecule has 9 nitrogen and oxygen atoms in total. The molecule has 2 amide bonds. The van der Waals surface area contributed by atoms with E-state index in [0.29, 0.717) is 49.4 Å². The Labute approximate surface area is 242 Å². The lowest BCUT2D eigenvalue weighted by molar-refractivity contribution is -0.274. The van der Waals surface area contributed by atoms with Crippen molar-refractivity contribution in [3.63, 3.8) is 0 Å². The number of aromatic nitrogens is 2. The highest BCUT2D eigenvalue weighted by molar-refractivity contribution is 5.98. The van der Waals surface area contributed by atoms with Gasteiger partial charge in [0, 0.05) is 50.8 Å². The SMILES string of the molecule is CC(C)N(C)C(=O)c1cc(-c2cnn(CCO)c2)ccc1OC1CCN(C(=O)Cc2ccc(OC(F)(F)F)cc2)CC1. The van der Waals surface area contributed by atoms with Crippen LogP contribution in [0, 0.1) is 0 Å². The number of aliphatic hydroxyl groups excluding tert-OH is 1. The average molecular weight is 589 g/mol. The van der Waals surface area contributed by atoms with E-state index in [-0.39, 0.29) is 42.7 Å². The first-order valence-electron chi connectivity index (χ1n) is 13.8. The van der Waals surface area contributed by atoms with E-state index in [1.54, 1.807) is 39.9 Å². The van der Waals surface area contributed by atoms with E-state index in [9.17, 15) is 27.9 Å². The highest BCUT2D eigenvalue weighted by Crippen LogP contribution is 2.30. The van der Waals surface area contributed by atoms with Crippen LogP contribution < -0.4 is 9.47 Å². The van der Waals surface area contributed by atoms with Crippen molar-refractivity contribution in [3.05, 3.63) is 66.0 Å². The first-order chi connectivity index (χ1) is 19.9. The summed E-state index contributed by atoms with van der Waals surface area (Å²) < 4.78 is 49.0. The number of piperidine rings is 1. The highest BCUT2D eigenvalue weighted by atomic mass is 19.4. The molecule has 0 saturated carbocycles. The summed E-state index contributed by atoms with van der Waals surface area (Å²) in [4.78, 5) is 29.6. The third kappa shape index (κ3) is 8.03. The highest BCUT2D eigenvalue weighted by Gasteiger charge is 2.31. The molecular formula is C30H35F3N4O5. The van der Waals surface area contributed by atoms with Crippen LogP contribution in [0.4, 0.5) is 13.2 Å². The van der Waals surface area contributed by atoms with Crippen LogP contribution in [0.25, 0.3) is 11.1 Å². The van der Waals surface area contributed by atoms with Crippen LogP contribution in [-0.4, -0.2) is 81.8 Å². The monoisotopic (exact) mass is 588 g/mol. The van der Waals surface area contributed by atoms with Crippen molar-refractivity contribution < 1.29 is 37.3 Å². The molecule has 1 saturated heterocycles. The smallest absolute Gasteiger partial charge is 0.489 e. The molecule has 42 heavy (non-hydrogen) atoms. The molecule has 12 heteroatoms. The lowest BCUT2D eigenvalue weighted by Crippen LogP contribution is -2.42. The molecule has 226 valence electrons. The van der Waals surface area contributed by atoms with E-state index in [0.717, 1.165) is 11.1 Å². The van der Waals surface area contributed by atoms with Gasteiger partial charge in [0.1, 0.15) is 17.6 Å². The van der Waals surface area contributed by atoms with Crippen LogP contribution in [0.15, 0.2) is 54.9 Å². The van der Waals surface area contributed by atoms with Crippen LogP contribution in [0.3, 0.4) is 0 Å². The van der Waals surface area contributed by atoms with E-state index >= 15 is 0 Å². The topological polar surface area (TPSA) is 97.1 Å². The number of amides is 2. The molecule has 0 radical (unpaired) electrons. The third-order valence-corrected chi connectivity index (χ3v) is 7.20. The van der Waals surface area contributed by atoms with Crippen LogP contribution >= 0.6 is 0 Å². The van der Waals surface area contributed by atoms with Crippen LogP contribution in [0.5, 0.6) is 11.5 Å². The van der Waals surface area contributed by atoms with E-state index in [1.165, 1.54) is 24.3 Å². The normalized spacial score (nSPS) is 14.2. The molecule has 0 unspecified atom stereocenters. The predicted octanol–water partition coefficient (Wildman–Crippen LogP) is 4.53. The maximum Gasteiger partial charge on any atom is 0.573 e. The van der Waals surface area contributed by atoms with Crippen molar-refractivity contribution in [1.29, 1.82) is 0 Å². The molecule has 0 bridgehead atoms. The number of carbonyl (C=O) groups is 2.